The largest absolute Gasteiger partial charge is 0.378 e. The molecule has 6 nitrogen and oxygen atoms in total. The van der Waals surface area contributed by atoms with Crippen molar-refractivity contribution in [2.24, 2.45) is 5.10 Å². The van der Waals surface area contributed by atoms with E-state index in [0.717, 1.165) is 5.56 Å². The van der Waals surface area contributed by atoms with E-state index in [9.17, 15) is 13.2 Å². The Kier molecular flexibility index (Phi) is 7.10. The van der Waals surface area contributed by atoms with E-state index in [0.29, 0.717) is 5.56 Å². The maximum atomic E-state index is 12.6. The highest BCUT2D eigenvalue weighted by Gasteiger charge is 2.19. The zero-order chi connectivity index (χ0) is 21.6. The molecule has 0 saturated heterocycles. The molecule has 3 aromatic rings. The van der Waals surface area contributed by atoms with Crippen molar-refractivity contribution < 1.29 is 17.4 Å². The molecule has 0 aromatic heterocycles. The number of amides is 1. The van der Waals surface area contributed by atoms with Crippen LogP contribution in [0.5, 0.6) is 5.75 Å². The first kappa shape index (κ1) is 21.8. The van der Waals surface area contributed by atoms with Crippen LogP contribution >= 0.6 is 23.2 Å². The molecule has 0 atom stereocenters. The average molecular weight is 463 g/mol. The van der Waals surface area contributed by atoms with Gasteiger partial charge in [0.05, 0.1) is 12.6 Å². The van der Waals surface area contributed by atoms with E-state index in [1.165, 1.54) is 30.5 Å². The van der Waals surface area contributed by atoms with E-state index < -0.39 is 10.1 Å². The van der Waals surface area contributed by atoms with Crippen LogP contribution in [-0.2, 0) is 21.3 Å². The zero-order valence-electron chi connectivity index (χ0n) is 15.5. The molecule has 1 N–H and O–H groups in total. The number of hydrogen-bond donors (Lipinski definition) is 1. The van der Waals surface area contributed by atoms with E-state index in [-0.39, 0.29) is 33.0 Å². The summed E-state index contributed by atoms with van der Waals surface area (Å²) in [6, 6.07) is 19.5. The molecule has 0 aliphatic rings. The molecule has 0 fully saturated rings. The summed E-state index contributed by atoms with van der Waals surface area (Å²) in [7, 11) is -4.18. The Morgan fingerprint density at radius 1 is 0.967 bits per heavy atom. The van der Waals surface area contributed by atoms with Gasteiger partial charge in [-0.2, -0.15) is 13.5 Å². The van der Waals surface area contributed by atoms with E-state index >= 15 is 0 Å². The second-order valence-electron chi connectivity index (χ2n) is 6.14. The zero-order valence-corrected chi connectivity index (χ0v) is 17.8. The Labute approximate surface area is 184 Å². The van der Waals surface area contributed by atoms with Gasteiger partial charge in [-0.1, -0.05) is 65.7 Å². The Balaban J connectivity index is 1.72. The van der Waals surface area contributed by atoms with Gasteiger partial charge in [-0.25, -0.2) is 5.43 Å². The van der Waals surface area contributed by atoms with Crippen LogP contribution in [0.15, 0.2) is 82.8 Å². The molecular formula is C21H16Cl2N2O4S. The van der Waals surface area contributed by atoms with Gasteiger partial charge in [0.2, 0.25) is 5.91 Å². The van der Waals surface area contributed by atoms with Gasteiger partial charge >= 0.3 is 10.1 Å². The number of nitrogens with one attached hydrogen (secondary N) is 1. The van der Waals surface area contributed by atoms with Crippen LogP contribution in [0.25, 0.3) is 0 Å². The summed E-state index contributed by atoms with van der Waals surface area (Å²) in [5.41, 5.74) is 3.61. The monoisotopic (exact) mass is 462 g/mol. The van der Waals surface area contributed by atoms with Gasteiger partial charge in [-0.05, 0) is 35.9 Å². The summed E-state index contributed by atoms with van der Waals surface area (Å²) in [5, 5.41) is 4.22. The van der Waals surface area contributed by atoms with E-state index in [1.807, 2.05) is 30.3 Å². The van der Waals surface area contributed by atoms with Gasteiger partial charge in [0.15, 0.2) is 5.75 Å². The van der Waals surface area contributed by atoms with Crippen LogP contribution < -0.4 is 9.61 Å². The highest BCUT2D eigenvalue weighted by atomic mass is 35.5. The average Bonchev–Trinajstić information content (AvgIpc) is 2.69. The van der Waals surface area contributed by atoms with Gasteiger partial charge in [0.25, 0.3) is 0 Å². The van der Waals surface area contributed by atoms with E-state index in [1.54, 1.807) is 18.2 Å². The second kappa shape index (κ2) is 9.75. The minimum Gasteiger partial charge on any atom is -0.378 e. The lowest BCUT2D eigenvalue weighted by molar-refractivity contribution is -0.120. The van der Waals surface area contributed by atoms with Gasteiger partial charge in [-0.15, -0.1) is 0 Å². The second-order valence-corrected chi connectivity index (χ2v) is 8.56. The molecule has 30 heavy (non-hydrogen) atoms. The standard InChI is InChI=1S/C21H16Cl2N2O4S/c22-17-11-18(23)13-19(12-17)30(27,28)29-20-9-5-4-8-16(20)14-24-25-21(26)10-15-6-2-1-3-7-15/h1-9,11-14H,10H2,(H,25,26). The number of rotatable bonds is 7. The van der Waals surface area contributed by atoms with Crippen LogP contribution in [0.1, 0.15) is 11.1 Å². The first-order valence-corrected chi connectivity index (χ1v) is 10.9. The molecule has 3 aromatic carbocycles. The van der Waals surface area contributed by atoms with Crippen LogP contribution in [-0.4, -0.2) is 20.5 Å². The molecule has 0 bridgehead atoms. The van der Waals surface area contributed by atoms with E-state index in [2.05, 4.69) is 10.5 Å². The SMILES string of the molecule is O=C(Cc1ccccc1)NN=Cc1ccccc1OS(=O)(=O)c1cc(Cl)cc(Cl)c1. The number of nitrogens with zero attached hydrogens (tertiary/aromatic N) is 1. The number of benzene rings is 3. The number of carbonyl (C=O) groups excluding carboxylic acids is 1. The number of hydrazone groups is 1. The normalized spacial score (nSPS) is 11.4. The van der Waals surface area contributed by atoms with Gasteiger partial charge < -0.3 is 4.18 Å². The molecule has 1 amide bonds. The van der Waals surface area contributed by atoms with Gasteiger partial charge in [0.1, 0.15) is 4.90 Å². The number of para-hydroxylation sites is 1. The van der Waals surface area contributed by atoms with Crippen molar-refractivity contribution >= 4 is 45.4 Å². The Morgan fingerprint density at radius 3 is 2.30 bits per heavy atom. The lowest BCUT2D eigenvalue weighted by Gasteiger charge is -2.10. The predicted octanol–water partition coefficient (Wildman–Crippen LogP) is 4.45. The lowest BCUT2D eigenvalue weighted by Crippen LogP contribution is -2.19. The number of halogens is 2. The molecule has 154 valence electrons. The maximum absolute atomic E-state index is 12.6. The molecule has 0 unspecified atom stereocenters. The molecule has 0 aliphatic heterocycles. The number of hydrogen-bond acceptors (Lipinski definition) is 5. The molecule has 0 heterocycles. The van der Waals surface area contributed by atoms with Crippen molar-refractivity contribution in [2.75, 3.05) is 0 Å². The summed E-state index contributed by atoms with van der Waals surface area (Å²) in [6.45, 7) is 0. The smallest absolute Gasteiger partial charge is 0.339 e. The third-order valence-electron chi connectivity index (χ3n) is 3.84. The molecule has 9 heteroatoms. The number of carbonyl (C=O) groups is 1. The first-order valence-electron chi connectivity index (χ1n) is 8.69. The summed E-state index contributed by atoms with van der Waals surface area (Å²) in [6.07, 6.45) is 1.47. The van der Waals surface area contributed by atoms with Crippen molar-refractivity contribution in [1.29, 1.82) is 0 Å². The summed E-state index contributed by atoms with van der Waals surface area (Å²) in [5.74, 6) is -0.272. The minimum absolute atomic E-state index is 0.0367. The Morgan fingerprint density at radius 2 is 1.60 bits per heavy atom. The van der Waals surface area contributed by atoms with Crippen molar-refractivity contribution in [3.8, 4) is 5.75 Å². The fourth-order valence-corrected chi connectivity index (χ4v) is 4.18. The van der Waals surface area contributed by atoms with Crippen LogP contribution in [0.4, 0.5) is 0 Å². The summed E-state index contributed by atoms with van der Waals surface area (Å²) < 4.78 is 30.4. The van der Waals surface area contributed by atoms with E-state index in [4.69, 9.17) is 27.4 Å². The van der Waals surface area contributed by atoms with Crippen LogP contribution in [0.2, 0.25) is 10.0 Å². The Hall–Kier alpha value is -2.87. The molecule has 3 rings (SSSR count). The highest BCUT2D eigenvalue weighted by molar-refractivity contribution is 7.87. The molecule has 0 spiro atoms. The fourth-order valence-electron chi connectivity index (χ4n) is 2.50. The van der Waals surface area contributed by atoms with Crippen LogP contribution in [0, 0.1) is 0 Å². The highest BCUT2D eigenvalue weighted by Crippen LogP contribution is 2.26. The van der Waals surface area contributed by atoms with Crippen molar-refractivity contribution in [2.45, 2.75) is 11.3 Å². The van der Waals surface area contributed by atoms with Crippen LogP contribution in [0.3, 0.4) is 0 Å². The molecule has 0 saturated carbocycles. The predicted molar refractivity (Wildman–Crippen MR) is 117 cm³/mol. The minimum atomic E-state index is -4.18. The van der Waals surface area contributed by atoms with Crippen molar-refractivity contribution in [3.63, 3.8) is 0 Å². The maximum Gasteiger partial charge on any atom is 0.339 e. The van der Waals surface area contributed by atoms with Gasteiger partial charge in [-0.3, -0.25) is 4.79 Å². The molecule has 0 aliphatic carbocycles. The van der Waals surface area contributed by atoms with Gasteiger partial charge in [0, 0.05) is 15.6 Å². The fraction of sp³-hybridized carbons (Fsp3) is 0.0476. The molecule has 0 radical (unpaired) electrons. The summed E-state index contributed by atoms with van der Waals surface area (Å²) >= 11 is 11.8. The first-order chi connectivity index (χ1) is 14.3. The lowest BCUT2D eigenvalue weighted by atomic mass is 10.1. The van der Waals surface area contributed by atoms with Crippen molar-refractivity contribution in [1.82, 2.24) is 5.43 Å². The summed E-state index contributed by atoms with van der Waals surface area (Å²) in [4.78, 5) is 11.8. The Bertz CT molecular complexity index is 1160. The third kappa shape index (κ3) is 6.06. The third-order valence-corrected chi connectivity index (χ3v) is 5.49. The quantitative estimate of drug-likeness (QED) is 0.319. The van der Waals surface area contributed by atoms with Crippen molar-refractivity contribution in [3.05, 3.63) is 94.0 Å². The molecular weight excluding hydrogens is 447 g/mol. The topological polar surface area (TPSA) is 84.8 Å².